The molecule has 1 aromatic carbocycles. The summed E-state index contributed by atoms with van der Waals surface area (Å²) < 4.78 is 18.7. The minimum Gasteiger partial charge on any atom is -0.494 e. The topological polar surface area (TPSA) is 45.0 Å². The highest BCUT2D eigenvalue weighted by Gasteiger charge is 2.31. The van der Waals surface area contributed by atoms with Crippen LogP contribution < -0.4 is 10.1 Å². The Hall–Kier alpha value is -1.60. The molecular formula is C17H23FN2O. The van der Waals surface area contributed by atoms with Crippen LogP contribution in [-0.4, -0.2) is 18.2 Å². The SMILES string of the molecule is Cc1cc(OCCCCC(C)(C#N)NC2CC2)ccc1F. The van der Waals surface area contributed by atoms with Crippen molar-refractivity contribution < 1.29 is 9.13 Å². The van der Waals surface area contributed by atoms with Gasteiger partial charge < -0.3 is 4.74 Å². The van der Waals surface area contributed by atoms with Crippen molar-refractivity contribution in [2.75, 3.05) is 6.61 Å². The minimum atomic E-state index is -0.423. The molecular weight excluding hydrogens is 267 g/mol. The number of hydrogen-bond acceptors (Lipinski definition) is 3. The van der Waals surface area contributed by atoms with E-state index in [4.69, 9.17) is 4.74 Å². The number of nitrogens with one attached hydrogen (secondary N) is 1. The second-order valence-electron chi connectivity index (χ2n) is 6.08. The van der Waals surface area contributed by atoms with Crippen LogP contribution in [0.15, 0.2) is 18.2 Å². The third-order valence-electron chi connectivity index (χ3n) is 3.82. The Morgan fingerprint density at radius 3 is 2.81 bits per heavy atom. The lowest BCUT2D eigenvalue weighted by Crippen LogP contribution is -2.42. The minimum absolute atomic E-state index is 0.210. The Balaban J connectivity index is 1.67. The zero-order valence-electron chi connectivity index (χ0n) is 12.8. The molecule has 3 nitrogen and oxygen atoms in total. The molecule has 0 aromatic heterocycles. The number of nitriles is 1. The molecule has 0 spiro atoms. The molecule has 0 saturated heterocycles. The maximum atomic E-state index is 13.1. The van der Waals surface area contributed by atoms with Crippen LogP contribution in [0.5, 0.6) is 5.75 Å². The number of nitrogens with zero attached hydrogens (tertiary/aromatic N) is 1. The zero-order valence-corrected chi connectivity index (χ0v) is 12.8. The van der Waals surface area contributed by atoms with Crippen LogP contribution in [0.4, 0.5) is 4.39 Å². The number of halogens is 1. The number of aryl methyl sites for hydroxylation is 1. The van der Waals surface area contributed by atoms with E-state index in [1.54, 1.807) is 19.1 Å². The fourth-order valence-electron chi connectivity index (χ4n) is 2.32. The van der Waals surface area contributed by atoms with Gasteiger partial charge in [-0.2, -0.15) is 5.26 Å². The van der Waals surface area contributed by atoms with Crippen molar-refractivity contribution >= 4 is 0 Å². The molecule has 0 radical (unpaired) electrons. The van der Waals surface area contributed by atoms with Gasteiger partial charge in [0.2, 0.25) is 0 Å². The van der Waals surface area contributed by atoms with Gasteiger partial charge in [0.15, 0.2) is 0 Å². The van der Waals surface area contributed by atoms with Crippen LogP contribution in [0, 0.1) is 24.1 Å². The van der Waals surface area contributed by atoms with E-state index in [1.165, 1.54) is 18.9 Å². The first-order valence-electron chi connectivity index (χ1n) is 7.60. The van der Waals surface area contributed by atoms with Crippen molar-refractivity contribution in [3.8, 4) is 11.8 Å². The highest BCUT2D eigenvalue weighted by molar-refractivity contribution is 5.28. The van der Waals surface area contributed by atoms with Gasteiger partial charge in [-0.15, -0.1) is 0 Å². The number of benzene rings is 1. The predicted molar refractivity (Wildman–Crippen MR) is 80.7 cm³/mol. The normalized spacial score (nSPS) is 17.0. The molecule has 1 saturated carbocycles. The Bertz CT molecular complexity index is 522. The second kappa shape index (κ2) is 6.91. The van der Waals surface area contributed by atoms with E-state index < -0.39 is 5.54 Å². The van der Waals surface area contributed by atoms with Crippen LogP contribution in [-0.2, 0) is 0 Å². The van der Waals surface area contributed by atoms with Gasteiger partial charge in [0.1, 0.15) is 17.1 Å². The maximum absolute atomic E-state index is 13.1. The molecule has 2 rings (SSSR count). The van der Waals surface area contributed by atoms with Gasteiger partial charge in [0.25, 0.3) is 0 Å². The van der Waals surface area contributed by atoms with Gasteiger partial charge in [0.05, 0.1) is 12.7 Å². The molecule has 0 amide bonds. The lowest BCUT2D eigenvalue weighted by molar-refractivity contribution is 0.294. The molecule has 1 N–H and O–H groups in total. The smallest absolute Gasteiger partial charge is 0.126 e. The summed E-state index contributed by atoms with van der Waals surface area (Å²) in [4.78, 5) is 0. The van der Waals surface area contributed by atoms with Crippen molar-refractivity contribution in [3.63, 3.8) is 0 Å². The first-order chi connectivity index (χ1) is 10.0. The molecule has 114 valence electrons. The highest BCUT2D eigenvalue weighted by atomic mass is 19.1. The Morgan fingerprint density at radius 2 is 2.19 bits per heavy atom. The monoisotopic (exact) mass is 290 g/mol. The Kier molecular flexibility index (Phi) is 5.19. The molecule has 1 aromatic rings. The molecule has 21 heavy (non-hydrogen) atoms. The second-order valence-corrected chi connectivity index (χ2v) is 6.08. The molecule has 1 aliphatic rings. The van der Waals surface area contributed by atoms with E-state index >= 15 is 0 Å². The van der Waals surface area contributed by atoms with Crippen molar-refractivity contribution in [1.29, 1.82) is 5.26 Å². The summed E-state index contributed by atoms with van der Waals surface area (Å²) >= 11 is 0. The van der Waals surface area contributed by atoms with Crippen LogP contribution in [0.1, 0.15) is 44.6 Å². The Labute approximate surface area is 126 Å². The van der Waals surface area contributed by atoms with Crippen molar-refractivity contribution in [2.45, 2.75) is 57.5 Å². The average molecular weight is 290 g/mol. The molecule has 0 bridgehead atoms. The van der Waals surface area contributed by atoms with Gasteiger partial charge in [-0.25, -0.2) is 4.39 Å². The third kappa shape index (κ3) is 5.02. The lowest BCUT2D eigenvalue weighted by Gasteiger charge is -2.23. The number of unbranched alkanes of at least 4 members (excludes halogenated alkanes) is 1. The van der Waals surface area contributed by atoms with E-state index in [2.05, 4.69) is 11.4 Å². The van der Waals surface area contributed by atoms with Crippen molar-refractivity contribution in [3.05, 3.63) is 29.6 Å². The highest BCUT2D eigenvalue weighted by Crippen LogP contribution is 2.25. The van der Waals surface area contributed by atoms with E-state index in [-0.39, 0.29) is 5.82 Å². The largest absolute Gasteiger partial charge is 0.494 e. The quantitative estimate of drug-likeness (QED) is 0.742. The summed E-state index contributed by atoms with van der Waals surface area (Å²) in [6, 6.07) is 7.70. The summed E-state index contributed by atoms with van der Waals surface area (Å²) in [6.45, 7) is 4.29. The van der Waals surface area contributed by atoms with Crippen LogP contribution >= 0.6 is 0 Å². The summed E-state index contributed by atoms with van der Waals surface area (Å²) in [5.74, 6) is 0.492. The molecule has 1 fully saturated rings. The Morgan fingerprint density at radius 1 is 1.43 bits per heavy atom. The molecule has 1 aliphatic carbocycles. The van der Waals surface area contributed by atoms with Crippen LogP contribution in [0.2, 0.25) is 0 Å². The van der Waals surface area contributed by atoms with E-state index in [9.17, 15) is 9.65 Å². The van der Waals surface area contributed by atoms with Crippen LogP contribution in [0.25, 0.3) is 0 Å². The van der Waals surface area contributed by atoms with E-state index in [1.807, 2.05) is 6.92 Å². The zero-order chi connectivity index (χ0) is 15.3. The van der Waals surface area contributed by atoms with Crippen LogP contribution in [0.3, 0.4) is 0 Å². The lowest BCUT2D eigenvalue weighted by atomic mass is 9.96. The third-order valence-corrected chi connectivity index (χ3v) is 3.82. The molecule has 1 atom stereocenters. The molecule has 1 unspecified atom stereocenters. The summed E-state index contributed by atoms with van der Waals surface area (Å²) in [5.41, 5.74) is 0.173. The molecule has 0 heterocycles. The standard InChI is InChI=1S/C17H23FN2O/c1-13-11-15(7-8-16(13)18)21-10-4-3-9-17(2,12-19)20-14-5-6-14/h7-8,11,14,20H,3-6,9-10H2,1-2H3. The average Bonchev–Trinajstić information content (AvgIpc) is 3.26. The van der Waals surface area contributed by atoms with Crippen molar-refractivity contribution in [2.24, 2.45) is 0 Å². The summed E-state index contributed by atoms with van der Waals surface area (Å²) in [6.07, 6.45) is 5.02. The summed E-state index contributed by atoms with van der Waals surface area (Å²) in [5, 5.41) is 12.7. The number of hydrogen-bond donors (Lipinski definition) is 1. The van der Waals surface area contributed by atoms with Gasteiger partial charge >= 0.3 is 0 Å². The maximum Gasteiger partial charge on any atom is 0.126 e. The van der Waals surface area contributed by atoms with Crippen molar-refractivity contribution in [1.82, 2.24) is 5.32 Å². The van der Waals surface area contributed by atoms with Gasteiger partial charge in [-0.3, -0.25) is 5.32 Å². The fraction of sp³-hybridized carbons (Fsp3) is 0.588. The first kappa shape index (κ1) is 15.8. The van der Waals surface area contributed by atoms with Gasteiger partial charge in [-0.05, 0) is 69.7 Å². The van der Waals surface area contributed by atoms with E-state index in [0.29, 0.717) is 24.0 Å². The van der Waals surface area contributed by atoms with E-state index in [0.717, 1.165) is 19.3 Å². The number of rotatable bonds is 8. The number of ether oxygens (including phenoxy) is 1. The first-order valence-corrected chi connectivity index (χ1v) is 7.60. The predicted octanol–water partition coefficient (Wildman–Crippen LogP) is 3.72. The van der Waals surface area contributed by atoms with Gasteiger partial charge in [0, 0.05) is 6.04 Å². The summed E-state index contributed by atoms with van der Waals surface area (Å²) in [7, 11) is 0. The fourth-order valence-corrected chi connectivity index (χ4v) is 2.32. The van der Waals surface area contributed by atoms with Gasteiger partial charge in [-0.1, -0.05) is 0 Å². The molecule has 0 aliphatic heterocycles. The molecule has 4 heteroatoms.